The summed E-state index contributed by atoms with van der Waals surface area (Å²) in [6, 6.07) is 3.60. The van der Waals surface area contributed by atoms with Crippen LogP contribution >= 0.6 is 0 Å². The Balaban J connectivity index is 0.00000290. The molecular formula is C34H51N9O8. The minimum atomic E-state index is -0.735. The summed E-state index contributed by atoms with van der Waals surface area (Å²) in [6.07, 6.45) is 7.09. The van der Waals surface area contributed by atoms with Gasteiger partial charge in [0.05, 0.1) is 46.1 Å². The third-order valence-corrected chi connectivity index (χ3v) is 7.34. The highest BCUT2D eigenvalue weighted by Gasteiger charge is 2.25. The molecule has 3 rings (SSSR count). The van der Waals surface area contributed by atoms with Crippen molar-refractivity contribution in [1.29, 1.82) is 5.41 Å². The molecule has 10 N–H and O–H groups in total. The van der Waals surface area contributed by atoms with Gasteiger partial charge in [-0.2, -0.15) is 5.10 Å². The first-order valence-corrected chi connectivity index (χ1v) is 16.8. The fourth-order valence-corrected chi connectivity index (χ4v) is 4.59. The molecule has 280 valence electrons. The van der Waals surface area contributed by atoms with E-state index in [1.54, 1.807) is 18.2 Å². The smallest absolute Gasteiger partial charge is 0.312 e. The third-order valence-electron chi connectivity index (χ3n) is 7.34. The molecule has 1 heterocycles. The van der Waals surface area contributed by atoms with Crippen molar-refractivity contribution in [2.75, 3.05) is 44.8 Å². The normalized spacial score (nSPS) is 14.0. The maximum atomic E-state index is 13.5. The number of hydrazone groups is 1. The molecule has 1 aliphatic carbocycles. The molecule has 51 heavy (non-hydrogen) atoms. The number of imide groups is 1. The van der Waals surface area contributed by atoms with Crippen LogP contribution in [0.15, 0.2) is 46.7 Å². The molecule has 0 aromatic heterocycles. The van der Waals surface area contributed by atoms with Gasteiger partial charge in [-0.3, -0.25) is 24.1 Å². The fourth-order valence-electron chi connectivity index (χ4n) is 4.59. The van der Waals surface area contributed by atoms with Gasteiger partial charge < -0.3 is 52.8 Å². The van der Waals surface area contributed by atoms with Gasteiger partial charge >= 0.3 is 6.03 Å². The molecule has 1 unspecified atom stereocenters. The predicted molar refractivity (Wildman–Crippen MR) is 191 cm³/mol. The summed E-state index contributed by atoms with van der Waals surface area (Å²) >= 11 is 0. The SMILES string of the molecule is CCC.N=C/C(COCc1cc(NC(=O)C(CCCNC(N)=O)NC(CNC(=O)CCOCCN2C(=O)C=CC2=O)=C2CC2)ccc1CO)=N\N. The van der Waals surface area contributed by atoms with Crippen molar-refractivity contribution in [3.05, 3.63) is 52.7 Å². The summed E-state index contributed by atoms with van der Waals surface area (Å²) in [7, 11) is 0. The number of ether oxygens (including phenoxy) is 2. The van der Waals surface area contributed by atoms with Gasteiger partial charge in [0.1, 0.15) is 11.8 Å². The van der Waals surface area contributed by atoms with E-state index < -0.39 is 23.9 Å². The zero-order chi connectivity index (χ0) is 37.6. The highest BCUT2D eigenvalue weighted by atomic mass is 16.5. The summed E-state index contributed by atoms with van der Waals surface area (Å²) in [5, 5.41) is 32.0. The van der Waals surface area contributed by atoms with Crippen molar-refractivity contribution in [2.24, 2.45) is 16.7 Å². The number of aliphatic hydroxyl groups excluding tert-OH is 1. The molecule has 1 aromatic carbocycles. The Morgan fingerprint density at radius 3 is 2.39 bits per heavy atom. The second kappa shape index (κ2) is 23.3. The van der Waals surface area contributed by atoms with Crippen LogP contribution < -0.4 is 32.8 Å². The number of aliphatic hydroxyl groups is 1. The number of anilines is 1. The van der Waals surface area contributed by atoms with Crippen molar-refractivity contribution in [1.82, 2.24) is 20.9 Å². The second-order valence-corrected chi connectivity index (χ2v) is 11.6. The van der Waals surface area contributed by atoms with E-state index in [0.717, 1.165) is 35.2 Å². The number of carbonyl (C=O) groups is 5. The third kappa shape index (κ3) is 16.0. The maximum Gasteiger partial charge on any atom is 0.312 e. The lowest BCUT2D eigenvalue weighted by Crippen LogP contribution is -2.43. The van der Waals surface area contributed by atoms with Crippen LogP contribution in [0.25, 0.3) is 0 Å². The lowest BCUT2D eigenvalue weighted by molar-refractivity contribution is -0.138. The summed E-state index contributed by atoms with van der Waals surface area (Å²) in [5.74, 6) is 3.79. The first-order valence-electron chi connectivity index (χ1n) is 16.8. The summed E-state index contributed by atoms with van der Waals surface area (Å²) < 4.78 is 11.0. The Morgan fingerprint density at radius 1 is 1.08 bits per heavy atom. The van der Waals surface area contributed by atoms with Crippen molar-refractivity contribution >= 4 is 47.3 Å². The van der Waals surface area contributed by atoms with E-state index in [4.69, 9.17) is 26.5 Å². The van der Waals surface area contributed by atoms with Crippen LogP contribution in [0.5, 0.6) is 0 Å². The minimum absolute atomic E-state index is 0.00518. The van der Waals surface area contributed by atoms with E-state index in [-0.39, 0.29) is 76.6 Å². The van der Waals surface area contributed by atoms with Crippen LogP contribution in [0.3, 0.4) is 0 Å². The number of carbonyl (C=O) groups excluding carboxylic acids is 5. The van der Waals surface area contributed by atoms with Crippen molar-refractivity contribution in [3.63, 3.8) is 0 Å². The molecule has 1 aliphatic heterocycles. The quantitative estimate of drug-likeness (QED) is 0.0277. The molecule has 1 saturated carbocycles. The van der Waals surface area contributed by atoms with Gasteiger partial charge in [-0.05, 0) is 54.5 Å². The number of rotatable bonds is 22. The molecule has 1 fully saturated rings. The Hall–Kier alpha value is -5.13. The number of amides is 6. The van der Waals surface area contributed by atoms with E-state index in [0.29, 0.717) is 29.7 Å². The molecule has 0 saturated heterocycles. The Bertz CT molecular complexity index is 1440. The number of benzene rings is 1. The van der Waals surface area contributed by atoms with Gasteiger partial charge in [0.25, 0.3) is 11.8 Å². The fraction of sp³-hybridized carbons (Fsp3) is 0.500. The van der Waals surface area contributed by atoms with Crippen LogP contribution in [-0.2, 0) is 41.9 Å². The monoisotopic (exact) mass is 713 g/mol. The van der Waals surface area contributed by atoms with Crippen LogP contribution in [0.1, 0.15) is 63.5 Å². The lowest BCUT2D eigenvalue weighted by atomic mass is 10.1. The van der Waals surface area contributed by atoms with E-state index >= 15 is 0 Å². The molecular weight excluding hydrogens is 662 g/mol. The second-order valence-electron chi connectivity index (χ2n) is 11.6. The van der Waals surface area contributed by atoms with Crippen molar-refractivity contribution < 1.29 is 38.6 Å². The maximum absolute atomic E-state index is 13.5. The highest BCUT2D eigenvalue weighted by Crippen LogP contribution is 2.30. The van der Waals surface area contributed by atoms with E-state index in [2.05, 4.69) is 40.2 Å². The summed E-state index contributed by atoms with van der Waals surface area (Å²) in [4.78, 5) is 61.5. The Morgan fingerprint density at radius 2 is 1.78 bits per heavy atom. The number of primary amides is 1. The van der Waals surface area contributed by atoms with Gasteiger partial charge in [-0.15, -0.1) is 0 Å². The molecule has 17 nitrogen and oxygen atoms in total. The first-order chi connectivity index (χ1) is 24.6. The van der Waals surface area contributed by atoms with E-state index in [1.807, 2.05) is 0 Å². The number of hydrogen-bond acceptors (Lipinski definition) is 12. The zero-order valence-electron chi connectivity index (χ0n) is 29.3. The molecule has 0 radical (unpaired) electrons. The van der Waals surface area contributed by atoms with Crippen molar-refractivity contribution in [3.8, 4) is 0 Å². The number of nitrogens with one attached hydrogen (secondary N) is 5. The molecule has 1 aromatic rings. The van der Waals surface area contributed by atoms with Crippen LogP contribution in [0.2, 0.25) is 0 Å². The summed E-state index contributed by atoms with van der Waals surface area (Å²) in [6.45, 7) is 4.79. The molecule has 6 amide bonds. The van der Waals surface area contributed by atoms with Gasteiger partial charge in [-0.1, -0.05) is 26.3 Å². The molecule has 2 aliphatic rings. The van der Waals surface area contributed by atoms with Crippen LogP contribution in [-0.4, -0.2) is 97.1 Å². The Labute approximate surface area is 297 Å². The van der Waals surface area contributed by atoms with Crippen LogP contribution in [0.4, 0.5) is 10.5 Å². The molecule has 0 spiro atoms. The van der Waals surface area contributed by atoms with Gasteiger partial charge in [0.2, 0.25) is 11.8 Å². The number of nitrogens with two attached hydrogens (primary N) is 2. The number of allylic oxidation sites excluding steroid dienone is 1. The molecule has 17 heteroatoms. The lowest BCUT2D eigenvalue weighted by Gasteiger charge is -2.22. The highest BCUT2D eigenvalue weighted by molar-refractivity contribution is 6.30. The van der Waals surface area contributed by atoms with Gasteiger partial charge in [0.15, 0.2) is 0 Å². The zero-order valence-corrected chi connectivity index (χ0v) is 29.3. The summed E-state index contributed by atoms with van der Waals surface area (Å²) in [5.41, 5.74) is 8.88. The standard InChI is InChI=1S/C31H43N9O8.C3H8/c32-15-24(39-34)19-48-18-22-14-23(6-5-21(22)17-41)37-30(45)25(2-1-10-35-31(33)46)38-26(20-3-4-20)16-36-27(42)9-12-47-13-11-40-28(43)7-8-29(40)44;1-3-2/h5-8,14-15,25,32,38,41H,1-4,9-13,16-19,34H2,(H,36,42)(H,37,45)(H3,33,35,46);3H2,1-2H3/b32-15?,39-24+;. The number of nitrogens with zero attached hydrogens (tertiary/aromatic N) is 2. The number of urea groups is 1. The van der Waals surface area contributed by atoms with E-state index in [1.165, 1.54) is 18.6 Å². The average molecular weight is 714 g/mol. The number of hydrogen-bond donors (Lipinski definition) is 8. The first kappa shape index (κ1) is 42.0. The molecule has 1 atom stereocenters. The van der Waals surface area contributed by atoms with Gasteiger partial charge in [-0.25, -0.2) is 4.79 Å². The topological polar surface area (TPSA) is 264 Å². The van der Waals surface area contributed by atoms with Gasteiger partial charge in [0, 0.05) is 42.7 Å². The minimum Gasteiger partial charge on any atom is -0.392 e. The predicted octanol–water partition coefficient (Wildman–Crippen LogP) is 0.917. The molecule has 0 bridgehead atoms. The van der Waals surface area contributed by atoms with Crippen LogP contribution in [0, 0.1) is 5.41 Å². The van der Waals surface area contributed by atoms with E-state index in [9.17, 15) is 29.1 Å². The average Bonchev–Trinajstić information content (AvgIpc) is 3.90. The Kier molecular flexibility index (Phi) is 19.2. The van der Waals surface area contributed by atoms with Crippen molar-refractivity contribution in [2.45, 2.75) is 71.6 Å². The largest absolute Gasteiger partial charge is 0.392 e.